The molecule has 5 heteroatoms. The Kier molecular flexibility index (Phi) is 4.76. The summed E-state index contributed by atoms with van der Waals surface area (Å²) in [6.07, 6.45) is 0. The molecule has 0 spiro atoms. The number of carboxylic acid groups (broad SMARTS) is 1. The fourth-order valence-electron chi connectivity index (χ4n) is 1.95. The summed E-state index contributed by atoms with van der Waals surface area (Å²) in [5, 5.41) is 11.4. The first-order valence-corrected chi connectivity index (χ1v) is 7.92. The molecule has 0 fully saturated rings. The van der Waals surface area contributed by atoms with Crippen molar-refractivity contribution in [3.8, 4) is 0 Å². The molecule has 116 valence electrons. The molecule has 0 aromatic heterocycles. The van der Waals surface area contributed by atoms with Gasteiger partial charge in [-0.1, -0.05) is 30.3 Å². The number of rotatable bonds is 5. The molecule has 1 amide bonds. The van der Waals surface area contributed by atoms with Crippen LogP contribution in [-0.4, -0.2) is 40.2 Å². The molecule has 0 saturated carbocycles. The van der Waals surface area contributed by atoms with Crippen LogP contribution in [0.25, 0.3) is 10.8 Å². The smallest absolute Gasteiger partial charge is 0.329 e. The van der Waals surface area contributed by atoms with Crippen LogP contribution in [0, 0.1) is 0 Å². The third-order valence-electron chi connectivity index (χ3n) is 3.82. The predicted octanol–water partition coefficient (Wildman–Crippen LogP) is 3.25. The molecule has 0 aliphatic carbocycles. The van der Waals surface area contributed by atoms with Gasteiger partial charge in [0, 0.05) is 11.9 Å². The maximum absolute atomic E-state index is 12.2. The predicted molar refractivity (Wildman–Crippen MR) is 89.2 cm³/mol. The van der Waals surface area contributed by atoms with Crippen molar-refractivity contribution in [2.75, 3.05) is 12.8 Å². The maximum Gasteiger partial charge on any atom is 0.329 e. The Labute approximate surface area is 134 Å². The van der Waals surface area contributed by atoms with Gasteiger partial charge in [0.25, 0.3) is 0 Å². The molecule has 2 rings (SSSR count). The number of carbonyl (C=O) groups is 2. The molecule has 0 aliphatic rings. The number of nitrogens with zero attached hydrogens (tertiary/aromatic N) is 1. The zero-order valence-electron chi connectivity index (χ0n) is 12.9. The van der Waals surface area contributed by atoms with E-state index in [2.05, 4.69) is 0 Å². The van der Waals surface area contributed by atoms with E-state index in [1.54, 1.807) is 0 Å². The van der Waals surface area contributed by atoms with E-state index in [-0.39, 0.29) is 11.7 Å². The summed E-state index contributed by atoms with van der Waals surface area (Å²) < 4.78 is 0. The number of likely N-dealkylation sites (N-methyl/N-ethyl adjacent to an activating group) is 1. The first-order valence-electron chi connectivity index (χ1n) is 6.94. The summed E-state index contributed by atoms with van der Waals surface area (Å²) in [5.41, 5.74) is -1.21. The minimum Gasteiger partial charge on any atom is -0.480 e. The molecule has 0 bridgehead atoms. The Morgan fingerprint density at radius 3 is 2.41 bits per heavy atom. The second-order valence-corrected chi connectivity index (χ2v) is 6.66. The Balaban J connectivity index is 2.05. The van der Waals surface area contributed by atoms with E-state index in [4.69, 9.17) is 5.11 Å². The zero-order valence-corrected chi connectivity index (χ0v) is 13.7. The lowest BCUT2D eigenvalue weighted by atomic mass is 10.0. The maximum atomic E-state index is 12.2. The van der Waals surface area contributed by atoms with Gasteiger partial charge in [-0.2, -0.15) is 0 Å². The van der Waals surface area contributed by atoms with Crippen molar-refractivity contribution in [1.29, 1.82) is 0 Å². The average molecular weight is 317 g/mol. The van der Waals surface area contributed by atoms with Crippen molar-refractivity contribution in [3.63, 3.8) is 0 Å². The summed E-state index contributed by atoms with van der Waals surface area (Å²) >= 11 is 1.42. The monoisotopic (exact) mass is 317 g/mol. The highest BCUT2D eigenvalue weighted by atomic mass is 32.2. The second-order valence-electron chi connectivity index (χ2n) is 5.61. The van der Waals surface area contributed by atoms with E-state index < -0.39 is 11.5 Å². The van der Waals surface area contributed by atoms with E-state index >= 15 is 0 Å². The van der Waals surface area contributed by atoms with Crippen LogP contribution in [0.1, 0.15) is 13.8 Å². The molecule has 22 heavy (non-hydrogen) atoms. The first kappa shape index (κ1) is 16.4. The van der Waals surface area contributed by atoms with Crippen LogP contribution in [0.15, 0.2) is 47.4 Å². The number of aliphatic carboxylic acids is 1. The number of thioether (sulfide) groups is 1. The molecule has 1 N–H and O–H groups in total. The summed E-state index contributed by atoms with van der Waals surface area (Å²) in [6.45, 7) is 3.04. The number of carboxylic acids is 1. The number of hydrogen-bond acceptors (Lipinski definition) is 3. The number of benzene rings is 2. The Morgan fingerprint density at radius 1 is 1.14 bits per heavy atom. The normalized spacial score (nSPS) is 11.4. The molecule has 0 heterocycles. The number of fused-ring (bicyclic) bond motifs is 1. The van der Waals surface area contributed by atoms with Gasteiger partial charge in [0.05, 0.1) is 5.75 Å². The third-order valence-corrected chi connectivity index (χ3v) is 4.80. The van der Waals surface area contributed by atoms with Crippen molar-refractivity contribution in [2.24, 2.45) is 0 Å². The van der Waals surface area contributed by atoms with Crippen LogP contribution >= 0.6 is 11.8 Å². The molecule has 0 unspecified atom stereocenters. The van der Waals surface area contributed by atoms with E-state index in [1.807, 2.05) is 42.5 Å². The van der Waals surface area contributed by atoms with Crippen LogP contribution in [0.3, 0.4) is 0 Å². The van der Waals surface area contributed by atoms with Crippen LogP contribution in [-0.2, 0) is 9.59 Å². The highest BCUT2D eigenvalue weighted by Gasteiger charge is 2.34. The summed E-state index contributed by atoms with van der Waals surface area (Å²) in [5.74, 6) is -1.00. The van der Waals surface area contributed by atoms with E-state index in [9.17, 15) is 9.59 Å². The number of carbonyl (C=O) groups excluding carboxylic acids is 1. The molecule has 0 aliphatic heterocycles. The minimum atomic E-state index is -1.21. The van der Waals surface area contributed by atoms with Crippen LogP contribution in [0.5, 0.6) is 0 Å². The van der Waals surface area contributed by atoms with Crippen molar-refractivity contribution in [1.82, 2.24) is 4.90 Å². The molecule has 2 aromatic rings. The van der Waals surface area contributed by atoms with Crippen molar-refractivity contribution in [3.05, 3.63) is 42.5 Å². The van der Waals surface area contributed by atoms with Crippen LogP contribution in [0.2, 0.25) is 0 Å². The van der Waals surface area contributed by atoms with E-state index in [0.717, 1.165) is 15.7 Å². The van der Waals surface area contributed by atoms with Crippen molar-refractivity contribution in [2.45, 2.75) is 24.3 Å². The lowest BCUT2D eigenvalue weighted by Crippen LogP contribution is -2.51. The Hall–Kier alpha value is -2.01. The minimum absolute atomic E-state index is 0.203. The third kappa shape index (κ3) is 3.42. The lowest BCUT2D eigenvalue weighted by molar-refractivity contribution is -0.154. The topological polar surface area (TPSA) is 57.6 Å². The molecule has 0 radical (unpaired) electrons. The van der Waals surface area contributed by atoms with Gasteiger partial charge < -0.3 is 10.0 Å². The van der Waals surface area contributed by atoms with Crippen molar-refractivity contribution >= 4 is 34.4 Å². The van der Waals surface area contributed by atoms with Crippen LogP contribution in [0.4, 0.5) is 0 Å². The van der Waals surface area contributed by atoms with Crippen LogP contribution < -0.4 is 0 Å². The van der Waals surface area contributed by atoms with Gasteiger partial charge in [-0.25, -0.2) is 4.79 Å². The quantitative estimate of drug-likeness (QED) is 0.860. The largest absolute Gasteiger partial charge is 0.480 e. The second kappa shape index (κ2) is 6.40. The van der Waals surface area contributed by atoms with Gasteiger partial charge in [0.2, 0.25) is 5.91 Å². The average Bonchev–Trinajstić information content (AvgIpc) is 2.51. The molecule has 2 aromatic carbocycles. The molecule has 0 atom stereocenters. The van der Waals surface area contributed by atoms with Crippen molar-refractivity contribution < 1.29 is 14.7 Å². The zero-order chi connectivity index (χ0) is 16.3. The summed E-state index contributed by atoms with van der Waals surface area (Å²) in [7, 11) is 1.53. The van der Waals surface area contributed by atoms with Gasteiger partial charge in [0.15, 0.2) is 0 Å². The van der Waals surface area contributed by atoms with Gasteiger partial charge in [0.1, 0.15) is 5.54 Å². The van der Waals surface area contributed by atoms with Gasteiger partial charge >= 0.3 is 5.97 Å². The summed E-state index contributed by atoms with van der Waals surface area (Å²) in [6, 6.07) is 14.1. The highest BCUT2D eigenvalue weighted by molar-refractivity contribution is 8.00. The molecule has 0 saturated heterocycles. The fourth-order valence-corrected chi connectivity index (χ4v) is 2.81. The van der Waals surface area contributed by atoms with Gasteiger partial charge in [-0.05, 0) is 36.8 Å². The number of hydrogen-bond donors (Lipinski definition) is 1. The SMILES string of the molecule is CN(C(=O)CSc1ccc2ccccc2c1)C(C)(C)C(=O)O. The number of amides is 1. The van der Waals surface area contributed by atoms with E-state index in [0.29, 0.717) is 0 Å². The molecular formula is C17H19NO3S. The fraction of sp³-hybridized carbons (Fsp3) is 0.294. The van der Waals surface area contributed by atoms with E-state index in [1.165, 1.54) is 37.6 Å². The Bertz CT molecular complexity index is 712. The Morgan fingerprint density at radius 2 is 1.77 bits per heavy atom. The lowest BCUT2D eigenvalue weighted by Gasteiger charge is -2.31. The standard InChI is InChI=1S/C17H19NO3S/c1-17(2,16(20)21)18(3)15(19)11-22-14-9-8-12-6-4-5-7-13(12)10-14/h4-10H,11H2,1-3H3,(H,20,21). The molecular weight excluding hydrogens is 298 g/mol. The summed E-state index contributed by atoms with van der Waals surface area (Å²) in [4.78, 5) is 25.6. The van der Waals surface area contributed by atoms with Gasteiger partial charge in [-0.3, -0.25) is 4.79 Å². The molecule has 4 nitrogen and oxygen atoms in total. The van der Waals surface area contributed by atoms with Gasteiger partial charge in [-0.15, -0.1) is 11.8 Å². The first-order chi connectivity index (χ1) is 10.3. The highest BCUT2D eigenvalue weighted by Crippen LogP contribution is 2.24.